The van der Waals surface area contributed by atoms with Crippen LogP contribution in [0.2, 0.25) is 0 Å². The fraction of sp³-hybridized carbons (Fsp3) is 0.103. The molecular formula is C78H64N2O2. The molecule has 2 aliphatic carbocycles. The van der Waals surface area contributed by atoms with Crippen LogP contribution >= 0.6 is 0 Å². The number of fused-ring (bicyclic) bond motifs is 6. The van der Waals surface area contributed by atoms with E-state index in [0.717, 1.165) is 56.8 Å². The van der Waals surface area contributed by atoms with Crippen LogP contribution in [-0.2, 0) is 10.8 Å². The molecule has 0 spiro atoms. The van der Waals surface area contributed by atoms with Crippen molar-refractivity contribution in [2.45, 2.75) is 38.5 Å². The Bertz CT molecular complexity index is 3900. The quantitative estimate of drug-likeness (QED) is 0.101. The van der Waals surface area contributed by atoms with Gasteiger partial charge in [0.1, 0.15) is 11.5 Å². The molecule has 82 heavy (non-hydrogen) atoms. The number of rotatable bonds is 14. The van der Waals surface area contributed by atoms with Crippen LogP contribution in [0, 0.1) is 0 Å². The molecule has 4 heteroatoms. The van der Waals surface area contributed by atoms with Gasteiger partial charge in [-0.15, -0.1) is 0 Å². The molecule has 0 bridgehead atoms. The second kappa shape index (κ2) is 21.3. The van der Waals surface area contributed by atoms with Gasteiger partial charge in [-0.05, 0) is 186 Å². The first-order chi connectivity index (χ1) is 40.0. The molecule has 0 heterocycles. The molecule has 11 aromatic carbocycles. The van der Waals surface area contributed by atoms with E-state index >= 15 is 0 Å². The van der Waals surface area contributed by atoms with Gasteiger partial charge in [-0.25, -0.2) is 0 Å². The SMILES string of the molecule is COc1ccc(N(c2ccc(-c3ccccc3)cc2)c2ccc3c(c2)C(C)(C)c2cc(C=Cc4ccc(C=Cc5ccc6c(c5)C(C)(C)c5cc(N(c7ccc(OC)cc7)c7ccc(-c8ccccc8)cc7)ccc5-6)cc4)ccc2-3)cc1. The lowest BCUT2D eigenvalue weighted by atomic mass is 9.81. The molecule has 398 valence electrons. The van der Waals surface area contributed by atoms with Crippen molar-refractivity contribution >= 4 is 58.4 Å². The van der Waals surface area contributed by atoms with E-state index in [9.17, 15) is 0 Å². The molecule has 2 aliphatic rings. The van der Waals surface area contributed by atoms with E-state index in [-0.39, 0.29) is 10.8 Å². The minimum atomic E-state index is -0.208. The summed E-state index contributed by atoms with van der Waals surface area (Å²) in [6.45, 7) is 9.44. The number of ether oxygens (including phenoxy) is 2. The lowest BCUT2D eigenvalue weighted by molar-refractivity contribution is 0.414. The van der Waals surface area contributed by atoms with Gasteiger partial charge in [-0.2, -0.15) is 0 Å². The summed E-state index contributed by atoms with van der Waals surface area (Å²) in [6.07, 6.45) is 8.93. The summed E-state index contributed by atoms with van der Waals surface area (Å²) in [5, 5.41) is 0. The van der Waals surface area contributed by atoms with Gasteiger partial charge in [0.15, 0.2) is 0 Å². The molecule has 13 rings (SSSR count). The minimum absolute atomic E-state index is 0.208. The van der Waals surface area contributed by atoms with Crippen LogP contribution < -0.4 is 19.3 Å². The zero-order valence-corrected chi connectivity index (χ0v) is 47.3. The zero-order valence-electron chi connectivity index (χ0n) is 47.3. The highest BCUT2D eigenvalue weighted by molar-refractivity contribution is 5.89. The lowest BCUT2D eigenvalue weighted by Crippen LogP contribution is -2.16. The molecule has 0 unspecified atom stereocenters. The van der Waals surface area contributed by atoms with Gasteiger partial charge in [0, 0.05) is 45.0 Å². The van der Waals surface area contributed by atoms with E-state index in [0.29, 0.717) is 0 Å². The molecule has 0 N–H and O–H groups in total. The Morgan fingerprint density at radius 1 is 0.268 bits per heavy atom. The summed E-state index contributed by atoms with van der Waals surface area (Å²) in [6, 6.07) is 92.2. The van der Waals surface area contributed by atoms with Gasteiger partial charge in [0.25, 0.3) is 0 Å². The van der Waals surface area contributed by atoms with Crippen LogP contribution in [0.3, 0.4) is 0 Å². The van der Waals surface area contributed by atoms with Crippen LogP contribution in [-0.4, -0.2) is 14.2 Å². The Labute approximate surface area is 483 Å². The van der Waals surface area contributed by atoms with E-state index in [1.807, 2.05) is 24.3 Å². The average molecular weight is 1060 g/mol. The second-order valence-electron chi connectivity index (χ2n) is 22.5. The monoisotopic (exact) mass is 1060 g/mol. The molecule has 0 amide bonds. The zero-order chi connectivity index (χ0) is 56.0. The van der Waals surface area contributed by atoms with E-state index in [4.69, 9.17) is 9.47 Å². The van der Waals surface area contributed by atoms with Crippen molar-refractivity contribution in [3.8, 4) is 56.0 Å². The maximum atomic E-state index is 5.56. The Balaban J connectivity index is 0.710. The van der Waals surface area contributed by atoms with Gasteiger partial charge in [0.2, 0.25) is 0 Å². The lowest BCUT2D eigenvalue weighted by Gasteiger charge is -2.28. The number of hydrogen-bond acceptors (Lipinski definition) is 4. The Hall–Kier alpha value is -9.90. The van der Waals surface area contributed by atoms with E-state index in [1.54, 1.807) is 14.2 Å². The van der Waals surface area contributed by atoms with Crippen LogP contribution in [0.4, 0.5) is 34.1 Å². The number of anilines is 6. The summed E-state index contributed by atoms with van der Waals surface area (Å²) in [5.41, 5.74) is 26.1. The maximum Gasteiger partial charge on any atom is 0.119 e. The molecule has 0 radical (unpaired) electrons. The average Bonchev–Trinajstić information content (AvgIpc) is 3.95. The summed E-state index contributed by atoms with van der Waals surface area (Å²) in [4.78, 5) is 4.69. The molecular weight excluding hydrogens is 997 g/mol. The molecule has 0 aromatic heterocycles. The number of nitrogens with zero attached hydrogens (tertiary/aromatic N) is 2. The molecule has 0 atom stereocenters. The Morgan fingerprint density at radius 3 is 0.878 bits per heavy atom. The molecule has 0 fully saturated rings. The van der Waals surface area contributed by atoms with Crippen molar-refractivity contribution < 1.29 is 9.47 Å². The third kappa shape index (κ3) is 9.66. The van der Waals surface area contributed by atoms with Crippen molar-refractivity contribution in [1.82, 2.24) is 0 Å². The topological polar surface area (TPSA) is 24.9 Å². The van der Waals surface area contributed by atoms with Crippen LogP contribution in [0.5, 0.6) is 11.5 Å². The third-order valence-corrected chi connectivity index (χ3v) is 16.9. The fourth-order valence-electron chi connectivity index (χ4n) is 12.3. The first-order valence-electron chi connectivity index (χ1n) is 28.3. The summed E-state index contributed by atoms with van der Waals surface area (Å²) in [7, 11) is 3.42. The summed E-state index contributed by atoms with van der Waals surface area (Å²) >= 11 is 0. The van der Waals surface area contributed by atoms with E-state index in [2.05, 4.69) is 292 Å². The molecule has 0 saturated heterocycles. The normalized spacial score (nSPS) is 13.3. The van der Waals surface area contributed by atoms with Crippen molar-refractivity contribution in [3.63, 3.8) is 0 Å². The van der Waals surface area contributed by atoms with E-state index < -0.39 is 0 Å². The number of hydrogen-bond donors (Lipinski definition) is 0. The molecule has 11 aromatic rings. The van der Waals surface area contributed by atoms with Crippen molar-refractivity contribution in [2.24, 2.45) is 0 Å². The third-order valence-electron chi connectivity index (χ3n) is 16.9. The molecule has 4 nitrogen and oxygen atoms in total. The van der Waals surface area contributed by atoms with E-state index in [1.165, 1.54) is 77.9 Å². The highest BCUT2D eigenvalue weighted by Gasteiger charge is 2.38. The van der Waals surface area contributed by atoms with Crippen LogP contribution in [0.1, 0.15) is 72.2 Å². The smallest absolute Gasteiger partial charge is 0.119 e. The Morgan fingerprint density at radius 2 is 0.537 bits per heavy atom. The largest absolute Gasteiger partial charge is 0.497 e. The minimum Gasteiger partial charge on any atom is -0.497 e. The van der Waals surface area contributed by atoms with Gasteiger partial charge in [-0.3, -0.25) is 0 Å². The highest BCUT2D eigenvalue weighted by atomic mass is 16.5. The molecule has 0 aliphatic heterocycles. The van der Waals surface area contributed by atoms with Crippen LogP contribution in [0.15, 0.2) is 255 Å². The second-order valence-corrected chi connectivity index (χ2v) is 22.5. The highest BCUT2D eigenvalue weighted by Crippen LogP contribution is 2.53. The molecule has 0 saturated carbocycles. The van der Waals surface area contributed by atoms with Crippen molar-refractivity contribution in [1.29, 1.82) is 0 Å². The first-order valence-corrected chi connectivity index (χ1v) is 28.3. The summed E-state index contributed by atoms with van der Waals surface area (Å²) < 4.78 is 11.1. The standard InChI is InChI=1S/C78H64N2O2/c1-77(2)73-49-55(25-45-69(73)71-47-39-65(51-75(71)77)79(63-35-41-67(81-5)42-36-63)61-31-27-59(28-32-61)57-13-9-7-10-14-57)23-21-53-17-19-54(20-18-53)22-24-56-26-46-70-72-48-40-66(52-76(72)78(3,4)74(70)50-56)80(64-37-43-68(82-6)44-38-64)62-33-29-60(30-34-62)58-15-11-8-12-16-58/h7-52H,1-6H3. The van der Waals surface area contributed by atoms with Gasteiger partial charge < -0.3 is 19.3 Å². The van der Waals surface area contributed by atoms with Crippen molar-refractivity contribution in [3.05, 3.63) is 299 Å². The predicted molar refractivity (Wildman–Crippen MR) is 346 cm³/mol. The fourth-order valence-corrected chi connectivity index (χ4v) is 12.3. The number of benzene rings is 11. The Kier molecular flexibility index (Phi) is 13.4. The predicted octanol–water partition coefficient (Wildman–Crippen LogP) is 20.9. The summed E-state index contributed by atoms with van der Waals surface area (Å²) in [5.74, 6) is 1.66. The number of methoxy groups -OCH3 is 2. The van der Waals surface area contributed by atoms with Crippen LogP contribution in [0.25, 0.3) is 68.8 Å². The maximum absolute atomic E-state index is 5.56. The van der Waals surface area contributed by atoms with Gasteiger partial charge >= 0.3 is 0 Å². The first kappa shape index (κ1) is 51.5. The van der Waals surface area contributed by atoms with Gasteiger partial charge in [-0.1, -0.05) is 210 Å². The van der Waals surface area contributed by atoms with Crippen molar-refractivity contribution in [2.75, 3.05) is 24.0 Å². The van der Waals surface area contributed by atoms with Gasteiger partial charge in [0.05, 0.1) is 14.2 Å².